The topological polar surface area (TPSA) is 81.9 Å². The zero-order valence-electron chi connectivity index (χ0n) is 19.0. The van der Waals surface area contributed by atoms with Gasteiger partial charge in [0.2, 0.25) is 5.91 Å². The van der Waals surface area contributed by atoms with E-state index in [0.29, 0.717) is 35.7 Å². The molecule has 178 valence electrons. The number of nitrogens with zero attached hydrogens (tertiary/aromatic N) is 4. The van der Waals surface area contributed by atoms with E-state index in [1.165, 1.54) is 0 Å². The number of rotatable bonds is 7. The summed E-state index contributed by atoms with van der Waals surface area (Å²) in [6.45, 7) is 11.3. The van der Waals surface area contributed by atoms with E-state index in [4.69, 9.17) is 4.43 Å². The number of carbonyl (C=O) groups is 1. The van der Waals surface area contributed by atoms with Crippen LogP contribution in [0.15, 0.2) is 36.7 Å². The van der Waals surface area contributed by atoms with E-state index in [-0.39, 0.29) is 16.6 Å². The fraction of sp³-hybridized carbons (Fsp3) is 0.429. The highest BCUT2D eigenvalue weighted by Crippen LogP contribution is 2.37. The zero-order chi connectivity index (χ0) is 24.4. The summed E-state index contributed by atoms with van der Waals surface area (Å²) in [7, 11) is -1.91. The van der Waals surface area contributed by atoms with E-state index in [0.717, 1.165) is 5.69 Å². The van der Waals surface area contributed by atoms with Crippen LogP contribution in [0.3, 0.4) is 0 Å². The molecule has 0 spiro atoms. The van der Waals surface area contributed by atoms with Crippen LogP contribution in [0.25, 0.3) is 5.82 Å². The maximum absolute atomic E-state index is 12.7. The number of aromatic nitrogens is 4. The molecule has 3 aromatic heterocycles. The van der Waals surface area contributed by atoms with Crippen LogP contribution in [0.5, 0.6) is 0 Å². The van der Waals surface area contributed by atoms with Crippen LogP contribution >= 0.6 is 11.3 Å². The third-order valence-electron chi connectivity index (χ3n) is 5.43. The minimum Gasteiger partial charge on any atom is -0.411 e. The van der Waals surface area contributed by atoms with Crippen molar-refractivity contribution in [1.82, 2.24) is 19.7 Å². The Morgan fingerprint density at radius 3 is 2.55 bits per heavy atom. The Balaban J connectivity index is 1.62. The number of hydrogen-bond donors (Lipinski definition) is 1. The number of carbonyl (C=O) groups excluding carboxylic acids is 1. The van der Waals surface area contributed by atoms with Crippen LogP contribution in [0.4, 0.5) is 18.3 Å². The first-order valence-electron chi connectivity index (χ1n) is 10.2. The molecule has 33 heavy (non-hydrogen) atoms. The molecule has 0 aliphatic rings. The molecule has 1 amide bonds. The lowest BCUT2D eigenvalue weighted by molar-refractivity contribution is -0.134. The van der Waals surface area contributed by atoms with Gasteiger partial charge in [0.15, 0.2) is 19.3 Å². The van der Waals surface area contributed by atoms with E-state index in [9.17, 15) is 18.0 Å². The van der Waals surface area contributed by atoms with Gasteiger partial charge in [-0.05, 0) is 36.3 Å². The highest BCUT2D eigenvalue weighted by Gasteiger charge is 2.37. The summed E-state index contributed by atoms with van der Waals surface area (Å²) < 4.78 is 45.8. The van der Waals surface area contributed by atoms with Crippen molar-refractivity contribution in [3.63, 3.8) is 0 Å². The Kier molecular flexibility index (Phi) is 7.10. The molecular formula is C21H26F3N5O2SSi. The van der Waals surface area contributed by atoms with Crippen molar-refractivity contribution >= 4 is 30.7 Å². The van der Waals surface area contributed by atoms with Crippen LogP contribution in [0.2, 0.25) is 18.1 Å². The van der Waals surface area contributed by atoms with Gasteiger partial charge in [-0.15, -0.1) is 0 Å². The summed E-state index contributed by atoms with van der Waals surface area (Å²) in [5.74, 6) is 0.0699. The first-order valence-corrected chi connectivity index (χ1v) is 13.9. The third-order valence-corrected chi connectivity index (χ3v) is 10.9. The minimum atomic E-state index is -4.49. The van der Waals surface area contributed by atoms with Crippen molar-refractivity contribution in [3.8, 4) is 5.82 Å². The fourth-order valence-corrected chi connectivity index (χ4v) is 4.16. The third kappa shape index (κ3) is 6.48. The van der Waals surface area contributed by atoms with Crippen LogP contribution in [-0.2, 0) is 28.4 Å². The van der Waals surface area contributed by atoms with Gasteiger partial charge < -0.3 is 9.74 Å². The molecule has 0 saturated carbocycles. The van der Waals surface area contributed by atoms with Gasteiger partial charge in [-0.2, -0.15) is 18.3 Å². The maximum atomic E-state index is 12.7. The molecule has 7 nitrogen and oxygen atoms in total. The van der Waals surface area contributed by atoms with Crippen LogP contribution in [0.1, 0.15) is 37.0 Å². The zero-order valence-corrected chi connectivity index (χ0v) is 20.8. The lowest BCUT2D eigenvalue weighted by Gasteiger charge is -2.36. The van der Waals surface area contributed by atoms with Crippen LogP contribution in [-0.4, -0.2) is 34.0 Å². The SMILES string of the molecule is CC(C)(C)[Si](C)(C)OCc1cccc(-n2ccc(CC(=O)Nc3ncc(C(F)(F)F)s3)n2)n1. The summed E-state index contributed by atoms with van der Waals surface area (Å²) >= 11 is 0.377. The Hall–Kier alpha value is -2.57. The predicted molar refractivity (Wildman–Crippen MR) is 123 cm³/mol. The Labute approximate surface area is 195 Å². The van der Waals surface area contributed by atoms with Gasteiger partial charge >= 0.3 is 6.18 Å². The summed E-state index contributed by atoms with van der Waals surface area (Å²) in [5.41, 5.74) is 1.22. The molecule has 0 bridgehead atoms. The van der Waals surface area contributed by atoms with E-state index >= 15 is 0 Å². The first kappa shape index (κ1) is 25.1. The molecular weight excluding hydrogens is 471 g/mol. The lowest BCUT2D eigenvalue weighted by Crippen LogP contribution is -2.40. The molecule has 12 heteroatoms. The highest BCUT2D eigenvalue weighted by atomic mass is 32.1. The second-order valence-corrected chi connectivity index (χ2v) is 14.9. The van der Waals surface area contributed by atoms with Gasteiger partial charge in [-0.1, -0.05) is 38.2 Å². The largest absolute Gasteiger partial charge is 0.427 e. The van der Waals surface area contributed by atoms with Crippen molar-refractivity contribution in [2.24, 2.45) is 0 Å². The van der Waals surface area contributed by atoms with Gasteiger partial charge in [-0.25, -0.2) is 14.6 Å². The number of amides is 1. The van der Waals surface area contributed by atoms with Gasteiger partial charge in [-0.3, -0.25) is 4.79 Å². The van der Waals surface area contributed by atoms with Crippen LogP contribution in [0, 0.1) is 0 Å². The molecule has 1 N–H and O–H groups in total. The average Bonchev–Trinajstić information content (AvgIpc) is 3.35. The summed E-state index contributed by atoms with van der Waals surface area (Å²) in [4.78, 5) is 19.5. The Morgan fingerprint density at radius 1 is 1.18 bits per heavy atom. The van der Waals surface area contributed by atoms with Crippen LogP contribution < -0.4 is 5.32 Å². The van der Waals surface area contributed by atoms with Gasteiger partial charge in [0.05, 0.1) is 30.6 Å². The normalized spacial score (nSPS) is 12.7. The van der Waals surface area contributed by atoms with Crippen molar-refractivity contribution in [1.29, 1.82) is 0 Å². The Bertz CT molecular complexity index is 1120. The van der Waals surface area contributed by atoms with Crippen molar-refractivity contribution in [2.75, 3.05) is 5.32 Å². The second kappa shape index (κ2) is 9.35. The van der Waals surface area contributed by atoms with Crippen molar-refractivity contribution in [2.45, 2.75) is 58.1 Å². The summed E-state index contributed by atoms with van der Waals surface area (Å²) in [5, 5.41) is 6.72. The average molecular weight is 498 g/mol. The summed E-state index contributed by atoms with van der Waals surface area (Å²) in [6.07, 6.45) is -2.23. The number of thiazole rings is 1. The van der Waals surface area contributed by atoms with E-state index in [1.54, 1.807) is 23.0 Å². The minimum absolute atomic E-state index is 0.0923. The molecule has 0 aliphatic carbocycles. The number of hydrogen-bond acceptors (Lipinski definition) is 6. The summed E-state index contributed by atoms with van der Waals surface area (Å²) in [6, 6.07) is 7.20. The number of pyridine rings is 1. The molecule has 0 atom stereocenters. The smallest absolute Gasteiger partial charge is 0.411 e. The number of nitrogens with one attached hydrogen (secondary N) is 1. The number of anilines is 1. The molecule has 0 fully saturated rings. The molecule has 3 rings (SSSR count). The second-order valence-electron chi connectivity index (χ2n) is 9.04. The van der Waals surface area contributed by atoms with E-state index < -0.39 is 25.3 Å². The van der Waals surface area contributed by atoms with E-state index in [1.807, 2.05) is 12.1 Å². The lowest BCUT2D eigenvalue weighted by atomic mass is 10.2. The van der Waals surface area contributed by atoms with Crippen molar-refractivity contribution < 1.29 is 22.4 Å². The van der Waals surface area contributed by atoms with Gasteiger partial charge in [0, 0.05) is 6.20 Å². The Morgan fingerprint density at radius 2 is 1.91 bits per heavy atom. The van der Waals surface area contributed by atoms with Gasteiger partial charge in [0.25, 0.3) is 0 Å². The van der Waals surface area contributed by atoms with E-state index in [2.05, 4.69) is 54.2 Å². The molecule has 3 heterocycles. The maximum Gasteiger partial charge on any atom is 0.427 e. The number of alkyl halides is 3. The highest BCUT2D eigenvalue weighted by molar-refractivity contribution is 7.15. The molecule has 0 aromatic carbocycles. The fourth-order valence-electron chi connectivity index (χ4n) is 2.52. The predicted octanol–water partition coefficient (Wildman–Crippen LogP) is 5.45. The molecule has 0 saturated heterocycles. The van der Waals surface area contributed by atoms with Gasteiger partial charge in [0.1, 0.15) is 4.88 Å². The monoisotopic (exact) mass is 497 g/mol. The van der Waals surface area contributed by atoms with Crippen molar-refractivity contribution in [3.05, 3.63) is 52.9 Å². The molecule has 3 aromatic rings. The number of halogens is 3. The standard InChI is InChI=1S/C21H26F3N5O2SSi/c1-20(2,3)33(4,5)31-13-15-7-6-8-17(26-15)29-10-9-14(28-29)11-18(30)27-19-25-12-16(32-19)21(22,23)24/h6-10,12H,11,13H2,1-5H3,(H,25,27,30). The molecule has 0 aliphatic heterocycles. The first-order chi connectivity index (χ1) is 15.2. The molecule has 0 radical (unpaired) electrons. The molecule has 0 unspecified atom stereocenters. The quantitative estimate of drug-likeness (QED) is 0.439.